The first-order valence-electron chi connectivity index (χ1n) is 5.05. The van der Waals surface area contributed by atoms with Crippen LogP contribution in [0.15, 0.2) is 0 Å². The fraction of sp³-hybridized carbons (Fsp3) is 0.900. The molecule has 0 aromatic rings. The molecule has 0 aromatic heterocycles. The maximum Gasteiger partial charge on any atom is 0.222 e. The number of hydrogen-bond donors (Lipinski definition) is 0. The number of nitrogens with zero attached hydrogens (tertiary/aromatic N) is 1. The molecule has 0 N–H and O–H groups in total. The molecule has 1 atom stereocenters. The van der Waals surface area contributed by atoms with Gasteiger partial charge in [0, 0.05) is 19.5 Å². The van der Waals surface area contributed by atoms with Gasteiger partial charge in [-0.15, -0.1) is 0 Å². The zero-order valence-electron chi connectivity index (χ0n) is 8.18. The zero-order valence-corrected chi connectivity index (χ0v) is 8.18. The van der Waals surface area contributed by atoms with Gasteiger partial charge in [-0.1, -0.05) is 20.3 Å². The number of carbonyl (C=O) groups excluding carboxylic acids is 1. The molecule has 12 heavy (non-hydrogen) atoms. The summed E-state index contributed by atoms with van der Waals surface area (Å²) in [6.07, 6.45) is 4.31. The van der Waals surface area contributed by atoms with E-state index in [1.165, 1.54) is 12.8 Å². The average molecular weight is 169 g/mol. The van der Waals surface area contributed by atoms with E-state index in [-0.39, 0.29) is 0 Å². The molecule has 2 nitrogen and oxygen atoms in total. The molecule has 1 unspecified atom stereocenters. The van der Waals surface area contributed by atoms with Crippen LogP contribution in [-0.4, -0.2) is 23.9 Å². The number of likely N-dealkylation sites (tertiary alicyclic amines) is 1. The highest BCUT2D eigenvalue weighted by Gasteiger charge is 2.27. The molecule has 1 saturated heterocycles. The molecule has 0 bridgehead atoms. The van der Waals surface area contributed by atoms with Crippen molar-refractivity contribution in [2.75, 3.05) is 13.1 Å². The van der Waals surface area contributed by atoms with Crippen LogP contribution in [0.3, 0.4) is 0 Å². The van der Waals surface area contributed by atoms with Crippen molar-refractivity contribution in [2.24, 2.45) is 5.92 Å². The maximum atomic E-state index is 11.4. The van der Waals surface area contributed by atoms with Gasteiger partial charge < -0.3 is 4.90 Å². The van der Waals surface area contributed by atoms with Crippen molar-refractivity contribution in [1.29, 1.82) is 0 Å². The lowest BCUT2D eigenvalue weighted by Crippen LogP contribution is -2.25. The van der Waals surface area contributed by atoms with Gasteiger partial charge in [-0.25, -0.2) is 0 Å². The SMILES string of the molecule is CCCC1CC(=O)N(CCC)C1. The minimum atomic E-state index is 0.371. The van der Waals surface area contributed by atoms with Gasteiger partial charge in [0.25, 0.3) is 0 Å². The summed E-state index contributed by atoms with van der Waals surface area (Å²) in [4.78, 5) is 13.4. The van der Waals surface area contributed by atoms with Crippen LogP contribution in [0.2, 0.25) is 0 Å². The van der Waals surface area contributed by atoms with E-state index in [1.807, 2.05) is 4.90 Å². The van der Waals surface area contributed by atoms with Crippen LogP contribution >= 0.6 is 0 Å². The molecule has 1 aliphatic rings. The van der Waals surface area contributed by atoms with E-state index in [0.717, 1.165) is 25.9 Å². The Kier molecular flexibility index (Phi) is 3.57. The molecule has 2 heteroatoms. The van der Waals surface area contributed by atoms with Crippen molar-refractivity contribution in [3.63, 3.8) is 0 Å². The van der Waals surface area contributed by atoms with Crippen molar-refractivity contribution in [1.82, 2.24) is 4.90 Å². The lowest BCUT2D eigenvalue weighted by Gasteiger charge is -2.14. The van der Waals surface area contributed by atoms with Crippen LogP contribution in [0.1, 0.15) is 39.5 Å². The zero-order chi connectivity index (χ0) is 8.97. The van der Waals surface area contributed by atoms with Crippen LogP contribution in [0.4, 0.5) is 0 Å². The van der Waals surface area contributed by atoms with Gasteiger partial charge in [0.15, 0.2) is 0 Å². The molecule has 0 saturated carbocycles. The third-order valence-corrected chi connectivity index (χ3v) is 2.49. The molecule has 0 spiro atoms. The van der Waals surface area contributed by atoms with Crippen molar-refractivity contribution in [3.05, 3.63) is 0 Å². The van der Waals surface area contributed by atoms with E-state index in [9.17, 15) is 4.79 Å². The minimum Gasteiger partial charge on any atom is -0.342 e. The third kappa shape index (κ3) is 2.23. The number of rotatable bonds is 4. The first-order valence-corrected chi connectivity index (χ1v) is 5.05. The number of hydrogen-bond acceptors (Lipinski definition) is 1. The number of carbonyl (C=O) groups is 1. The van der Waals surface area contributed by atoms with E-state index in [0.29, 0.717) is 11.8 Å². The Bertz CT molecular complexity index is 156. The van der Waals surface area contributed by atoms with E-state index in [2.05, 4.69) is 13.8 Å². The predicted octanol–water partition coefficient (Wildman–Crippen LogP) is 2.04. The summed E-state index contributed by atoms with van der Waals surface area (Å²) in [5.41, 5.74) is 0. The molecule has 1 heterocycles. The summed E-state index contributed by atoms with van der Waals surface area (Å²) in [6.45, 7) is 6.28. The molecule has 70 valence electrons. The van der Waals surface area contributed by atoms with E-state index in [1.54, 1.807) is 0 Å². The number of amides is 1. The Morgan fingerprint density at radius 3 is 2.75 bits per heavy atom. The second-order valence-corrected chi connectivity index (χ2v) is 3.70. The Labute approximate surface area is 74.9 Å². The van der Waals surface area contributed by atoms with E-state index in [4.69, 9.17) is 0 Å². The lowest BCUT2D eigenvalue weighted by atomic mass is 10.0. The van der Waals surface area contributed by atoms with Gasteiger partial charge in [-0.2, -0.15) is 0 Å². The summed E-state index contributed by atoms with van der Waals surface area (Å²) in [6, 6.07) is 0. The standard InChI is InChI=1S/C10H19NO/c1-3-5-9-7-10(12)11(8-9)6-4-2/h9H,3-8H2,1-2H3. The highest BCUT2D eigenvalue weighted by atomic mass is 16.2. The second kappa shape index (κ2) is 4.48. The molecule has 0 radical (unpaired) electrons. The van der Waals surface area contributed by atoms with Gasteiger partial charge in [-0.3, -0.25) is 4.79 Å². The molecule has 1 rings (SSSR count). The molecule has 0 aliphatic carbocycles. The normalized spacial score (nSPS) is 23.7. The average Bonchev–Trinajstić information content (AvgIpc) is 2.34. The molecule has 0 aromatic carbocycles. The van der Waals surface area contributed by atoms with Gasteiger partial charge in [0.1, 0.15) is 0 Å². The van der Waals surface area contributed by atoms with Crippen LogP contribution in [0.5, 0.6) is 0 Å². The Hall–Kier alpha value is -0.530. The summed E-state index contributed by atoms with van der Waals surface area (Å²) < 4.78 is 0. The first kappa shape index (κ1) is 9.56. The molecule has 1 amide bonds. The Balaban J connectivity index is 2.34. The molecular weight excluding hydrogens is 150 g/mol. The molecule has 1 fully saturated rings. The van der Waals surface area contributed by atoms with Crippen molar-refractivity contribution < 1.29 is 4.79 Å². The largest absolute Gasteiger partial charge is 0.342 e. The maximum absolute atomic E-state index is 11.4. The minimum absolute atomic E-state index is 0.371. The van der Waals surface area contributed by atoms with E-state index < -0.39 is 0 Å². The van der Waals surface area contributed by atoms with Crippen LogP contribution in [0.25, 0.3) is 0 Å². The quantitative estimate of drug-likeness (QED) is 0.630. The Morgan fingerprint density at radius 2 is 2.17 bits per heavy atom. The van der Waals surface area contributed by atoms with Crippen LogP contribution in [-0.2, 0) is 4.79 Å². The first-order chi connectivity index (χ1) is 5.77. The van der Waals surface area contributed by atoms with Crippen molar-refractivity contribution >= 4 is 5.91 Å². The van der Waals surface area contributed by atoms with Crippen LogP contribution < -0.4 is 0 Å². The lowest BCUT2D eigenvalue weighted by molar-refractivity contribution is -0.127. The summed E-state index contributed by atoms with van der Waals surface area (Å²) in [7, 11) is 0. The Morgan fingerprint density at radius 1 is 1.42 bits per heavy atom. The topological polar surface area (TPSA) is 20.3 Å². The van der Waals surface area contributed by atoms with Crippen LogP contribution in [0, 0.1) is 5.92 Å². The fourth-order valence-corrected chi connectivity index (χ4v) is 1.94. The predicted molar refractivity (Wildman–Crippen MR) is 49.9 cm³/mol. The summed E-state index contributed by atoms with van der Waals surface area (Å²) >= 11 is 0. The highest BCUT2D eigenvalue weighted by molar-refractivity contribution is 5.78. The van der Waals surface area contributed by atoms with E-state index >= 15 is 0 Å². The van der Waals surface area contributed by atoms with Crippen molar-refractivity contribution in [3.8, 4) is 0 Å². The fourth-order valence-electron chi connectivity index (χ4n) is 1.94. The third-order valence-electron chi connectivity index (χ3n) is 2.49. The van der Waals surface area contributed by atoms with Gasteiger partial charge in [0.05, 0.1) is 0 Å². The second-order valence-electron chi connectivity index (χ2n) is 3.70. The molecular formula is C10H19NO. The smallest absolute Gasteiger partial charge is 0.222 e. The summed E-state index contributed by atoms with van der Waals surface area (Å²) in [5.74, 6) is 1.02. The molecule has 1 aliphatic heterocycles. The van der Waals surface area contributed by atoms with Gasteiger partial charge in [0.2, 0.25) is 5.91 Å². The highest BCUT2D eigenvalue weighted by Crippen LogP contribution is 2.21. The monoisotopic (exact) mass is 169 g/mol. The van der Waals surface area contributed by atoms with Crippen molar-refractivity contribution in [2.45, 2.75) is 39.5 Å². The van der Waals surface area contributed by atoms with Gasteiger partial charge >= 0.3 is 0 Å². The van der Waals surface area contributed by atoms with Gasteiger partial charge in [-0.05, 0) is 18.8 Å². The summed E-state index contributed by atoms with van der Waals surface area (Å²) in [5, 5.41) is 0.